The SMILES string of the molecule is O=C(O)Nc1nnc(COCC(F)(F)F)s1. The molecule has 1 rings (SSSR count). The zero-order valence-electron chi connectivity index (χ0n) is 7.61. The van der Waals surface area contributed by atoms with Gasteiger partial charge < -0.3 is 9.84 Å². The van der Waals surface area contributed by atoms with Gasteiger partial charge in [0.2, 0.25) is 5.13 Å². The molecule has 0 atom stereocenters. The molecule has 0 aliphatic carbocycles. The molecule has 1 amide bonds. The van der Waals surface area contributed by atoms with E-state index < -0.39 is 18.9 Å². The maximum absolute atomic E-state index is 11.7. The Kier molecular flexibility index (Phi) is 4.01. The number of carboxylic acid groups (broad SMARTS) is 1. The molecule has 0 saturated carbocycles. The van der Waals surface area contributed by atoms with Gasteiger partial charge in [0.25, 0.3) is 0 Å². The first-order valence-electron chi connectivity index (χ1n) is 3.83. The maximum Gasteiger partial charge on any atom is 0.411 e. The number of amides is 1. The van der Waals surface area contributed by atoms with Crippen molar-refractivity contribution in [1.82, 2.24) is 10.2 Å². The number of aromatic nitrogens is 2. The minimum Gasteiger partial charge on any atom is -0.465 e. The molecule has 1 heterocycles. The van der Waals surface area contributed by atoms with E-state index in [9.17, 15) is 18.0 Å². The van der Waals surface area contributed by atoms with Gasteiger partial charge in [-0.25, -0.2) is 4.79 Å². The highest BCUT2D eigenvalue weighted by Gasteiger charge is 2.27. The molecule has 0 unspecified atom stereocenters. The number of alkyl halides is 3. The Labute approximate surface area is 91.1 Å². The largest absolute Gasteiger partial charge is 0.465 e. The van der Waals surface area contributed by atoms with Crippen LogP contribution in [0.1, 0.15) is 5.01 Å². The quantitative estimate of drug-likeness (QED) is 0.857. The molecule has 1 aromatic heterocycles. The first kappa shape index (κ1) is 12.6. The average Bonchev–Trinajstić information content (AvgIpc) is 2.49. The Morgan fingerprint density at radius 3 is 2.75 bits per heavy atom. The zero-order valence-corrected chi connectivity index (χ0v) is 8.43. The van der Waals surface area contributed by atoms with E-state index in [0.717, 1.165) is 11.3 Å². The fraction of sp³-hybridized carbons (Fsp3) is 0.500. The van der Waals surface area contributed by atoms with Crippen molar-refractivity contribution in [2.24, 2.45) is 0 Å². The number of nitrogens with zero attached hydrogens (tertiary/aromatic N) is 2. The van der Waals surface area contributed by atoms with Crippen molar-refractivity contribution in [3.8, 4) is 0 Å². The summed E-state index contributed by atoms with van der Waals surface area (Å²) >= 11 is 0.805. The minimum atomic E-state index is -4.40. The molecule has 10 heteroatoms. The lowest BCUT2D eigenvalue weighted by Gasteiger charge is -2.04. The molecular weight excluding hydrogens is 251 g/mol. The van der Waals surface area contributed by atoms with Gasteiger partial charge in [0.05, 0.1) is 0 Å². The number of hydrogen-bond acceptors (Lipinski definition) is 5. The fourth-order valence-corrected chi connectivity index (χ4v) is 1.38. The summed E-state index contributed by atoms with van der Waals surface area (Å²) in [6.45, 7) is -1.74. The molecule has 16 heavy (non-hydrogen) atoms. The summed E-state index contributed by atoms with van der Waals surface area (Å²) in [5, 5.41) is 17.2. The van der Waals surface area contributed by atoms with E-state index in [2.05, 4.69) is 14.9 Å². The fourth-order valence-electron chi connectivity index (χ4n) is 0.708. The lowest BCUT2D eigenvalue weighted by Crippen LogP contribution is -2.16. The number of carbonyl (C=O) groups is 1. The van der Waals surface area contributed by atoms with Gasteiger partial charge >= 0.3 is 12.3 Å². The molecule has 1 aromatic rings. The number of ether oxygens (including phenoxy) is 1. The Balaban J connectivity index is 2.38. The lowest BCUT2D eigenvalue weighted by atomic mass is 10.7. The third kappa shape index (κ3) is 4.89. The van der Waals surface area contributed by atoms with E-state index in [0.29, 0.717) is 0 Å². The smallest absolute Gasteiger partial charge is 0.411 e. The molecule has 0 aliphatic rings. The van der Waals surface area contributed by atoms with E-state index in [4.69, 9.17) is 5.11 Å². The van der Waals surface area contributed by atoms with Crippen LogP contribution in [-0.4, -0.2) is 34.2 Å². The molecule has 0 radical (unpaired) electrons. The van der Waals surface area contributed by atoms with Crippen molar-refractivity contribution in [1.29, 1.82) is 0 Å². The summed E-state index contributed by atoms with van der Waals surface area (Å²) in [6.07, 6.45) is -5.72. The van der Waals surface area contributed by atoms with Gasteiger partial charge in [0.15, 0.2) is 0 Å². The second-order valence-electron chi connectivity index (χ2n) is 2.54. The van der Waals surface area contributed by atoms with Crippen LogP contribution in [0.2, 0.25) is 0 Å². The van der Waals surface area contributed by atoms with E-state index >= 15 is 0 Å². The summed E-state index contributed by atoms with van der Waals surface area (Å²) in [4.78, 5) is 10.2. The highest BCUT2D eigenvalue weighted by molar-refractivity contribution is 7.15. The third-order valence-electron chi connectivity index (χ3n) is 1.17. The van der Waals surface area contributed by atoms with Gasteiger partial charge in [-0.2, -0.15) is 13.2 Å². The Hall–Kier alpha value is -1.42. The third-order valence-corrected chi connectivity index (χ3v) is 1.98. The summed E-state index contributed by atoms with van der Waals surface area (Å²) in [6, 6.07) is 0. The van der Waals surface area contributed by atoms with Crippen LogP contribution >= 0.6 is 11.3 Å². The predicted octanol–water partition coefficient (Wildman–Crippen LogP) is 1.71. The van der Waals surface area contributed by atoms with Crippen LogP contribution in [0.15, 0.2) is 0 Å². The Morgan fingerprint density at radius 2 is 2.19 bits per heavy atom. The average molecular weight is 257 g/mol. The molecule has 0 aromatic carbocycles. The highest BCUT2D eigenvalue weighted by atomic mass is 32.1. The molecule has 6 nitrogen and oxygen atoms in total. The van der Waals surface area contributed by atoms with E-state index in [-0.39, 0.29) is 16.7 Å². The summed E-state index contributed by atoms with van der Waals surface area (Å²) in [7, 11) is 0. The maximum atomic E-state index is 11.7. The van der Waals surface area contributed by atoms with Crippen molar-refractivity contribution in [3.05, 3.63) is 5.01 Å². The van der Waals surface area contributed by atoms with Crippen LogP contribution in [0.5, 0.6) is 0 Å². The zero-order chi connectivity index (χ0) is 12.2. The van der Waals surface area contributed by atoms with E-state index in [1.807, 2.05) is 5.32 Å². The van der Waals surface area contributed by atoms with Gasteiger partial charge in [0.1, 0.15) is 18.2 Å². The first-order chi connectivity index (χ1) is 7.37. The van der Waals surface area contributed by atoms with Gasteiger partial charge in [-0.15, -0.1) is 10.2 Å². The number of halogens is 3. The second kappa shape index (κ2) is 5.07. The Morgan fingerprint density at radius 1 is 1.50 bits per heavy atom. The monoisotopic (exact) mass is 257 g/mol. The summed E-state index contributed by atoms with van der Waals surface area (Å²) in [5.74, 6) is 0. The van der Waals surface area contributed by atoms with E-state index in [1.54, 1.807) is 0 Å². The van der Waals surface area contributed by atoms with Crippen LogP contribution in [0.3, 0.4) is 0 Å². The Bertz CT molecular complexity index is 367. The molecule has 0 aliphatic heterocycles. The van der Waals surface area contributed by atoms with Gasteiger partial charge in [-0.05, 0) is 0 Å². The van der Waals surface area contributed by atoms with Crippen LogP contribution in [0.25, 0.3) is 0 Å². The number of rotatable bonds is 4. The van der Waals surface area contributed by atoms with Crippen molar-refractivity contribution >= 4 is 22.6 Å². The minimum absolute atomic E-state index is 0.0156. The van der Waals surface area contributed by atoms with Gasteiger partial charge in [-0.3, -0.25) is 5.32 Å². The van der Waals surface area contributed by atoms with Crippen LogP contribution in [0.4, 0.5) is 23.1 Å². The normalized spacial score (nSPS) is 11.4. The van der Waals surface area contributed by atoms with Crippen molar-refractivity contribution in [2.75, 3.05) is 11.9 Å². The van der Waals surface area contributed by atoms with Crippen LogP contribution in [0, 0.1) is 0 Å². The summed E-state index contributed by atoms with van der Waals surface area (Å²) < 4.78 is 39.4. The molecule has 90 valence electrons. The van der Waals surface area contributed by atoms with Crippen LogP contribution in [-0.2, 0) is 11.3 Å². The standard InChI is InChI=1S/C6H6F3N3O3S/c7-6(8,9)2-15-1-3-11-12-4(16-3)10-5(13)14/h1-2H2,(H,10,12)(H,13,14). The summed E-state index contributed by atoms with van der Waals surface area (Å²) in [5.41, 5.74) is 0. The number of anilines is 1. The molecule has 0 spiro atoms. The van der Waals surface area contributed by atoms with Crippen molar-refractivity contribution in [3.63, 3.8) is 0 Å². The van der Waals surface area contributed by atoms with Crippen molar-refractivity contribution in [2.45, 2.75) is 12.8 Å². The predicted molar refractivity (Wildman–Crippen MR) is 47.3 cm³/mol. The van der Waals surface area contributed by atoms with Gasteiger partial charge in [-0.1, -0.05) is 11.3 Å². The molecular formula is C6H6F3N3O3S. The lowest BCUT2D eigenvalue weighted by molar-refractivity contribution is -0.176. The van der Waals surface area contributed by atoms with Crippen molar-refractivity contribution < 1.29 is 27.8 Å². The molecule has 2 N–H and O–H groups in total. The first-order valence-corrected chi connectivity index (χ1v) is 4.65. The van der Waals surface area contributed by atoms with Crippen LogP contribution < -0.4 is 5.32 Å². The number of hydrogen-bond donors (Lipinski definition) is 2. The van der Waals surface area contributed by atoms with E-state index in [1.165, 1.54) is 0 Å². The topological polar surface area (TPSA) is 84.3 Å². The van der Waals surface area contributed by atoms with Gasteiger partial charge in [0, 0.05) is 0 Å². The highest BCUT2D eigenvalue weighted by Crippen LogP contribution is 2.18. The second-order valence-corrected chi connectivity index (χ2v) is 3.60. The molecule has 0 saturated heterocycles. The molecule has 0 fully saturated rings. The molecule has 0 bridgehead atoms. The number of nitrogens with one attached hydrogen (secondary N) is 1.